The molecule has 1 saturated carbocycles. The second-order valence-corrected chi connectivity index (χ2v) is 6.27. The smallest absolute Gasteiger partial charge is 0.328 e. The van der Waals surface area contributed by atoms with Gasteiger partial charge in [-0.1, -0.05) is 17.3 Å². The first-order valence-electron chi connectivity index (χ1n) is 8.19. The number of carbonyl (C=O) groups is 2. The van der Waals surface area contributed by atoms with Crippen molar-refractivity contribution in [2.75, 3.05) is 13.7 Å². The minimum absolute atomic E-state index is 0.130. The standard InChI is InChI=1S/C17H18N4O4/c1-10(21-14(22)9-20(17(21)23)12-6-7-12)16-18-15(19-25-16)11-4-3-5-13(8-11)24-2/h3-5,8,10,12H,6-7,9H2,1-2H3. The summed E-state index contributed by atoms with van der Waals surface area (Å²) in [4.78, 5) is 31.9. The lowest BCUT2D eigenvalue weighted by Gasteiger charge is -2.20. The van der Waals surface area contributed by atoms with Crippen LogP contribution in [0.1, 0.15) is 31.7 Å². The molecule has 1 unspecified atom stereocenters. The van der Waals surface area contributed by atoms with Gasteiger partial charge in [-0.2, -0.15) is 4.98 Å². The Balaban J connectivity index is 1.57. The molecule has 25 heavy (non-hydrogen) atoms. The Bertz CT molecular complexity index is 830. The summed E-state index contributed by atoms with van der Waals surface area (Å²) in [5, 5.41) is 3.97. The van der Waals surface area contributed by atoms with Gasteiger partial charge in [0.1, 0.15) is 18.3 Å². The molecule has 2 heterocycles. The highest BCUT2D eigenvalue weighted by atomic mass is 16.5. The zero-order valence-corrected chi connectivity index (χ0v) is 14.0. The average Bonchev–Trinajstić information content (AvgIpc) is 3.26. The molecule has 0 bridgehead atoms. The van der Waals surface area contributed by atoms with Crippen LogP contribution in [0.15, 0.2) is 28.8 Å². The van der Waals surface area contributed by atoms with Gasteiger partial charge in [-0.3, -0.25) is 9.69 Å². The number of hydrogen-bond donors (Lipinski definition) is 0. The third-order valence-corrected chi connectivity index (χ3v) is 4.53. The molecule has 1 aliphatic heterocycles. The van der Waals surface area contributed by atoms with Gasteiger partial charge in [0, 0.05) is 11.6 Å². The van der Waals surface area contributed by atoms with Gasteiger partial charge in [0.25, 0.3) is 5.91 Å². The highest BCUT2D eigenvalue weighted by Crippen LogP contribution is 2.34. The molecular weight excluding hydrogens is 324 g/mol. The first-order valence-corrected chi connectivity index (χ1v) is 8.19. The van der Waals surface area contributed by atoms with Crippen molar-refractivity contribution in [1.82, 2.24) is 19.9 Å². The Morgan fingerprint density at radius 3 is 2.84 bits per heavy atom. The minimum Gasteiger partial charge on any atom is -0.497 e. The van der Waals surface area contributed by atoms with E-state index in [0.717, 1.165) is 18.4 Å². The highest BCUT2D eigenvalue weighted by molar-refractivity contribution is 6.02. The van der Waals surface area contributed by atoms with Gasteiger partial charge in [0.05, 0.1) is 7.11 Å². The second-order valence-electron chi connectivity index (χ2n) is 6.27. The number of ether oxygens (including phenoxy) is 1. The van der Waals surface area contributed by atoms with Crippen LogP contribution in [0.2, 0.25) is 0 Å². The van der Waals surface area contributed by atoms with E-state index in [2.05, 4.69) is 10.1 Å². The number of benzene rings is 1. The van der Waals surface area contributed by atoms with Crippen molar-refractivity contribution in [2.24, 2.45) is 0 Å². The molecule has 3 amide bonds. The Morgan fingerprint density at radius 2 is 2.12 bits per heavy atom. The van der Waals surface area contributed by atoms with E-state index in [4.69, 9.17) is 9.26 Å². The van der Waals surface area contributed by atoms with Crippen molar-refractivity contribution >= 4 is 11.9 Å². The number of amides is 3. The Kier molecular flexibility index (Phi) is 3.67. The minimum atomic E-state index is -0.601. The van der Waals surface area contributed by atoms with Crippen LogP contribution in [0.3, 0.4) is 0 Å². The summed E-state index contributed by atoms with van der Waals surface area (Å²) in [6.45, 7) is 1.85. The van der Waals surface area contributed by atoms with E-state index in [-0.39, 0.29) is 30.4 Å². The molecule has 1 aliphatic carbocycles. The fourth-order valence-electron chi connectivity index (χ4n) is 2.98. The predicted octanol–water partition coefficient (Wildman–Crippen LogP) is 2.23. The monoisotopic (exact) mass is 342 g/mol. The Morgan fingerprint density at radius 1 is 1.32 bits per heavy atom. The van der Waals surface area contributed by atoms with Gasteiger partial charge in [-0.15, -0.1) is 0 Å². The first-order chi connectivity index (χ1) is 12.1. The van der Waals surface area contributed by atoms with Gasteiger partial charge in [-0.25, -0.2) is 4.79 Å². The van der Waals surface area contributed by atoms with Crippen LogP contribution in [0.5, 0.6) is 5.75 Å². The Hall–Kier alpha value is -2.90. The summed E-state index contributed by atoms with van der Waals surface area (Å²) in [6.07, 6.45) is 1.92. The number of carbonyl (C=O) groups excluding carboxylic acids is 2. The predicted molar refractivity (Wildman–Crippen MR) is 86.7 cm³/mol. The van der Waals surface area contributed by atoms with Crippen molar-refractivity contribution in [2.45, 2.75) is 31.8 Å². The van der Waals surface area contributed by atoms with Crippen molar-refractivity contribution in [1.29, 1.82) is 0 Å². The van der Waals surface area contributed by atoms with Crippen LogP contribution in [0.25, 0.3) is 11.4 Å². The maximum atomic E-state index is 12.5. The summed E-state index contributed by atoms with van der Waals surface area (Å²) in [6, 6.07) is 6.60. The molecule has 1 atom stereocenters. The molecule has 8 heteroatoms. The molecule has 2 aliphatic rings. The molecular formula is C17H18N4O4. The Labute approximate surface area is 144 Å². The van der Waals surface area contributed by atoms with Crippen molar-refractivity contribution in [3.63, 3.8) is 0 Å². The van der Waals surface area contributed by atoms with E-state index in [9.17, 15) is 9.59 Å². The molecule has 0 spiro atoms. The van der Waals surface area contributed by atoms with Gasteiger partial charge < -0.3 is 14.2 Å². The molecule has 130 valence electrons. The molecule has 1 saturated heterocycles. The molecule has 2 aromatic rings. The largest absolute Gasteiger partial charge is 0.497 e. The van der Waals surface area contributed by atoms with E-state index in [1.807, 2.05) is 18.2 Å². The van der Waals surface area contributed by atoms with Gasteiger partial charge in [-0.05, 0) is 31.9 Å². The fraction of sp³-hybridized carbons (Fsp3) is 0.412. The number of urea groups is 1. The maximum Gasteiger partial charge on any atom is 0.328 e. The SMILES string of the molecule is COc1cccc(-c2noc(C(C)N3C(=O)CN(C4CC4)C3=O)n2)c1. The first kappa shape index (κ1) is 15.6. The summed E-state index contributed by atoms with van der Waals surface area (Å²) in [5.41, 5.74) is 0.736. The number of methoxy groups -OCH3 is 1. The van der Waals surface area contributed by atoms with Crippen LogP contribution in [-0.2, 0) is 4.79 Å². The van der Waals surface area contributed by atoms with Gasteiger partial charge in [0.15, 0.2) is 0 Å². The van der Waals surface area contributed by atoms with E-state index in [0.29, 0.717) is 11.6 Å². The highest BCUT2D eigenvalue weighted by Gasteiger charge is 2.46. The lowest BCUT2D eigenvalue weighted by Crippen LogP contribution is -2.36. The summed E-state index contributed by atoms with van der Waals surface area (Å²) < 4.78 is 10.5. The van der Waals surface area contributed by atoms with E-state index < -0.39 is 6.04 Å². The third-order valence-electron chi connectivity index (χ3n) is 4.53. The molecule has 1 aromatic carbocycles. The molecule has 8 nitrogen and oxygen atoms in total. The van der Waals surface area contributed by atoms with Crippen LogP contribution in [0.4, 0.5) is 4.79 Å². The van der Waals surface area contributed by atoms with E-state index in [1.165, 1.54) is 4.90 Å². The third kappa shape index (κ3) is 2.73. The van der Waals surface area contributed by atoms with Crippen LogP contribution < -0.4 is 4.74 Å². The zero-order valence-electron chi connectivity index (χ0n) is 14.0. The maximum absolute atomic E-state index is 12.5. The molecule has 1 aromatic heterocycles. The number of rotatable bonds is 5. The lowest BCUT2D eigenvalue weighted by molar-refractivity contribution is -0.127. The van der Waals surface area contributed by atoms with Crippen LogP contribution in [-0.4, -0.2) is 51.6 Å². The molecule has 0 N–H and O–H groups in total. The lowest BCUT2D eigenvalue weighted by atomic mass is 10.2. The summed E-state index contributed by atoms with van der Waals surface area (Å²) in [5.74, 6) is 1.07. The van der Waals surface area contributed by atoms with Crippen molar-refractivity contribution in [3.8, 4) is 17.1 Å². The van der Waals surface area contributed by atoms with Crippen molar-refractivity contribution in [3.05, 3.63) is 30.2 Å². The molecule has 0 radical (unpaired) electrons. The second kappa shape index (κ2) is 5.87. The summed E-state index contributed by atoms with van der Waals surface area (Å²) >= 11 is 0. The fourth-order valence-corrected chi connectivity index (χ4v) is 2.98. The summed E-state index contributed by atoms with van der Waals surface area (Å²) in [7, 11) is 1.58. The quantitative estimate of drug-likeness (QED) is 0.774. The molecule has 4 rings (SSSR count). The van der Waals surface area contributed by atoms with E-state index in [1.54, 1.807) is 25.0 Å². The van der Waals surface area contributed by atoms with Gasteiger partial charge >= 0.3 is 6.03 Å². The topological polar surface area (TPSA) is 88.8 Å². The number of hydrogen-bond acceptors (Lipinski definition) is 6. The van der Waals surface area contributed by atoms with E-state index >= 15 is 0 Å². The zero-order chi connectivity index (χ0) is 17.6. The van der Waals surface area contributed by atoms with Gasteiger partial charge in [0.2, 0.25) is 11.7 Å². The van der Waals surface area contributed by atoms with Crippen LogP contribution in [0, 0.1) is 0 Å². The number of imide groups is 1. The number of nitrogens with zero attached hydrogens (tertiary/aromatic N) is 4. The van der Waals surface area contributed by atoms with Crippen molar-refractivity contribution < 1.29 is 18.8 Å². The molecule has 2 fully saturated rings. The normalized spacial score (nSPS) is 18.8. The average molecular weight is 342 g/mol. The van der Waals surface area contributed by atoms with Crippen LogP contribution >= 0.6 is 0 Å². The number of aromatic nitrogens is 2.